The molecule has 4 aromatic rings. The third-order valence-corrected chi connectivity index (χ3v) is 6.29. The van der Waals surface area contributed by atoms with Crippen molar-refractivity contribution in [1.29, 1.82) is 0 Å². The molecule has 35 heavy (non-hydrogen) atoms. The van der Waals surface area contributed by atoms with E-state index in [1.807, 2.05) is 79.1 Å². The highest BCUT2D eigenvalue weighted by Crippen LogP contribution is 2.31. The van der Waals surface area contributed by atoms with Crippen molar-refractivity contribution < 1.29 is 9.59 Å². The van der Waals surface area contributed by atoms with Gasteiger partial charge in [0.25, 0.3) is 11.8 Å². The normalized spacial score (nSPS) is 14.0. The molecule has 2 aromatic carbocycles. The molecule has 0 radical (unpaired) electrons. The highest BCUT2D eigenvalue weighted by molar-refractivity contribution is 7.81. The second kappa shape index (κ2) is 9.12. The molecule has 0 saturated carbocycles. The first-order chi connectivity index (χ1) is 17.0. The second-order valence-corrected chi connectivity index (χ2v) is 8.51. The largest absolute Gasteiger partial charge is 0.303 e. The molecule has 2 amide bonds. The summed E-state index contributed by atoms with van der Waals surface area (Å²) in [7, 11) is 0. The van der Waals surface area contributed by atoms with Crippen molar-refractivity contribution in [3.05, 3.63) is 114 Å². The zero-order chi connectivity index (χ0) is 24.5. The number of hydrogen-bond donors (Lipinski definition) is 0. The maximum Gasteiger partial charge on any atom is 0.270 e. The topological polar surface area (TPSA) is 58.4 Å². The lowest BCUT2D eigenvalue weighted by molar-refractivity contribution is -0.120. The number of carbonyl (C=O) groups excluding carboxylic acids is 2. The number of rotatable bonds is 4. The van der Waals surface area contributed by atoms with E-state index < -0.39 is 11.8 Å². The monoisotopic (exact) mass is 478 g/mol. The van der Waals surface area contributed by atoms with Crippen molar-refractivity contribution in [1.82, 2.24) is 9.55 Å². The van der Waals surface area contributed by atoms with E-state index in [1.165, 1.54) is 9.80 Å². The summed E-state index contributed by atoms with van der Waals surface area (Å²) in [4.78, 5) is 34.7. The maximum atomic E-state index is 13.7. The van der Waals surface area contributed by atoms with Crippen LogP contribution in [-0.2, 0) is 9.59 Å². The van der Waals surface area contributed by atoms with Gasteiger partial charge in [-0.2, -0.15) is 0 Å². The summed E-state index contributed by atoms with van der Waals surface area (Å²) in [6.45, 7) is 3.91. The number of hydrogen-bond acceptors (Lipinski definition) is 4. The zero-order valence-corrected chi connectivity index (χ0v) is 20.1. The fourth-order valence-corrected chi connectivity index (χ4v) is 4.64. The van der Waals surface area contributed by atoms with E-state index in [-0.39, 0.29) is 10.7 Å². The van der Waals surface area contributed by atoms with Crippen molar-refractivity contribution in [3.63, 3.8) is 0 Å². The van der Waals surface area contributed by atoms with Crippen molar-refractivity contribution in [2.24, 2.45) is 0 Å². The van der Waals surface area contributed by atoms with E-state index in [0.29, 0.717) is 11.4 Å². The predicted octanol–water partition coefficient (Wildman–Crippen LogP) is 5.24. The Hall–Kier alpha value is -4.36. The highest BCUT2D eigenvalue weighted by atomic mass is 32.1. The molecular weight excluding hydrogens is 456 g/mol. The first-order valence-electron chi connectivity index (χ1n) is 11.1. The molecule has 5 rings (SSSR count). The molecule has 1 fully saturated rings. The van der Waals surface area contributed by atoms with Gasteiger partial charge in [0, 0.05) is 17.6 Å². The molecule has 1 saturated heterocycles. The van der Waals surface area contributed by atoms with Crippen LogP contribution in [0.2, 0.25) is 0 Å². The number of amides is 2. The van der Waals surface area contributed by atoms with Crippen LogP contribution in [0.25, 0.3) is 11.9 Å². The fraction of sp³-hybridized carbons (Fsp3) is 0.0714. The van der Waals surface area contributed by atoms with Gasteiger partial charge in [-0.25, -0.2) is 4.98 Å². The van der Waals surface area contributed by atoms with Crippen LogP contribution in [0.5, 0.6) is 0 Å². The molecule has 7 heteroatoms. The summed E-state index contributed by atoms with van der Waals surface area (Å²) in [5, 5.41) is 0.119. The number of nitrogens with zero attached hydrogens (tertiary/aromatic N) is 4. The van der Waals surface area contributed by atoms with Crippen molar-refractivity contribution in [2.45, 2.75) is 13.8 Å². The maximum absolute atomic E-state index is 13.7. The van der Waals surface area contributed by atoms with Crippen LogP contribution in [0, 0.1) is 13.8 Å². The first kappa shape index (κ1) is 22.4. The Labute approximate surface area is 208 Å². The van der Waals surface area contributed by atoms with Crippen LogP contribution in [0.15, 0.2) is 96.7 Å². The quantitative estimate of drug-likeness (QED) is 0.229. The SMILES string of the molecule is Cc1cc(C=C2C(=O)N(c3ccccc3)C(=S)N(c3ccccc3)C2=O)c(C)n1-c1ccccn1. The van der Waals surface area contributed by atoms with E-state index >= 15 is 0 Å². The van der Waals surface area contributed by atoms with Gasteiger partial charge in [0.15, 0.2) is 5.11 Å². The van der Waals surface area contributed by atoms with Gasteiger partial charge in [0.2, 0.25) is 0 Å². The Balaban J connectivity index is 1.66. The van der Waals surface area contributed by atoms with Crippen molar-refractivity contribution in [2.75, 3.05) is 9.80 Å². The van der Waals surface area contributed by atoms with Crippen LogP contribution in [0.1, 0.15) is 17.0 Å². The van der Waals surface area contributed by atoms with Crippen LogP contribution in [-0.4, -0.2) is 26.5 Å². The highest BCUT2D eigenvalue weighted by Gasteiger charge is 2.41. The van der Waals surface area contributed by atoms with Gasteiger partial charge in [0.05, 0.1) is 11.4 Å². The van der Waals surface area contributed by atoms with Crippen LogP contribution < -0.4 is 9.80 Å². The Morgan fingerprint density at radius 1 is 0.771 bits per heavy atom. The van der Waals surface area contributed by atoms with Gasteiger partial charge in [-0.3, -0.25) is 19.4 Å². The van der Waals surface area contributed by atoms with Gasteiger partial charge < -0.3 is 4.57 Å². The van der Waals surface area contributed by atoms with Crippen LogP contribution in [0.4, 0.5) is 11.4 Å². The molecule has 0 N–H and O–H groups in total. The van der Waals surface area contributed by atoms with E-state index in [1.54, 1.807) is 36.5 Å². The van der Waals surface area contributed by atoms with Gasteiger partial charge in [-0.15, -0.1) is 0 Å². The zero-order valence-electron chi connectivity index (χ0n) is 19.3. The number of para-hydroxylation sites is 2. The molecule has 0 aliphatic carbocycles. The number of aryl methyl sites for hydroxylation is 1. The van der Waals surface area contributed by atoms with E-state index in [4.69, 9.17) is 12.2 Å². The lowest BCUT2D eigenvalue weighted by Crippen LogP contribution is -2.56. The third kappa shape index (κ3) is 3.96. The fourth-order valence-electron chi connectivity index (χ4n) is 4.27. The minimum Gasteiger partial charge on any atom is -0.303 e. The number of aromatic nitrogens is 2. The van der Waals surface area contributed by atoms with Gasteiger partial charge in [-0.1, -0.05) is 42.5 Å². The Bertz CT molecular complexity index is 1400. The minimum absolute atomic E-state index is 0.0348. The number of carbonyl (C=O) groups is 2. The van der Waals surface area contributed by atoms with Crippen LogP contribution in [0.3, 0.4) is 0 Å². The van der Waals surface area contributed by atoms with Crippen molar-refractivity contribution in [3.8, 4) is 5.82 Å². The van der Waals surface area contributed by atoms with E-state index in [2.05, 4.69) is 4.98 Å². The molecule has 0 atom stereocenters. The van der Waals surface area contributed by atoms with Gasteiger partial charge >= 0.3 is 0 Å². The molecule has 2 aromatic heterocycles. The third-order valence-electron chi connectivity index (χ3n) is 5.93. The Morgan fingerprint density at radius 3 is 1.83 bits per heavy atom. The number of pyridine rings is 1. The summed E-state index contributed by atoms with van der Waals surface area (Å²) in [5.74, 6) is -0.145. The Kier molecular flexibility index (Phi) is 5.84. The Morgan fingerprint density at radius 2 is 1.31 bits per heavy atom. The summed E-state index contributed by atoms with van der Waals surface area (Å²) >= 11 is 5.67. The molecule has 0 unspecified atom stereocenters. The number of anilines is 2. The summed E-state index contributed by atoms with van der Waals surface area (Å²) in [5.41, 5.74) is 3.81. The molecule has 0 bridgehead atoms. The second-order valence-electron chi connectivity index (χ2n) is 8.14. The predicted molar refractivity (Wildman–Crippen MR) is 141 cm³/mol. The molecule has 0 spiro atoms. The molecule has 172 valence electrons. The summed E-state index contributed by atoms with van der Waals surface area (Å²) in [6.07, 6.45) is 3.39. The molecule has 1 aliphatic rings. The average molecular weight is 479 g/mol. The summed E-state index contributed by atoms with van der Waals surface area (Å²) in [6, 6.07) is 25.9. The smallest absolute Gasteiger partial charge is 0.270 e. The minimum atomic E-state index is -0.457. The standard InChI is InChI=1S/C28H22N4O2S/c1-19-17-21(20(2)30(19)25-15-9-10-16-29-25)18-24-26(33)31(22-11-5-3-6-12-22)28(35)32(27(24)34)23-13-7-4-8-14-23/h3-18H,1-2H3. The van der Waals surface area contributed by atoms with E-state index in [0.717, 1.165) is 22.8 Å². The molecule has 6 nitrogen and oxygen atoms in total. The summed E-state index contributed by atoms with van der Waals surface area (Å²) < 4.78 is 2.00. The van der Waals surface area contributed by atoms with Crippen molar-refractivity contribution >= 4 is 46.6 Å². The number of benzene rings is 2. The first-order valence-corrected chi connectivity index (χ1v) is 11.5. The molecule has 1 aliphatic heterocycles. The van der Waals surface area contributed by atoms with Crippen LogP contribution >= 0.6 is 12.2 Å². The molecular formula is C28H22N4O2S. The average Bonchev–Trinajstić information content (AvgIpc) is 3.16. The lowest BCUT2D eigenvalue weighted by Gasteiger charge is -2.36. The van der Waals surface area contributed by atoms with Gasteiger partial charge in [-0.05, 0) is 80.2 Å². The van der Waals surface area contributed by atoms with Gasteiger partial charge in [0.1, 0.15) is 11.4 Å². The number of thiocarbonyl (C=S) groups is 1. The van der Waals surface area contributed by atoms with E-state index in [9.17, 15) is 9.59 Å². The lowest BCUT2D eigenvalue weighted by atomic mass is 10.1. The molecule has 3 heterocycles.